The maximum absolute atomic E-state index is 12.6. The minimum atomic E-state index is -1.39. The van der Waals surface area contributed by atoms with Gasteiger partial charge in [-0.15, -0.1) is 0 Å². The standard InChI is InChI=1S/C6H8FNO4/c7-3-1-4(5(9)10)8(2-3)6(11)12/h3-4H,1-2H2,(H,9,10)(H,11,12)/t3-,4+/m0/s1. The molecule has 1 fully saturated rings. The van der Waals surface area contributed by atoms with Crippen molar-refractivity contribution < 1.29 is 24.2 Å². The fourth-order valence-corrected chi connectivity index (χ4v) is 1.23. The number of likely N-dealkylation sites (tertiary alicyclic amines) is 1. The quantitative estimate of drug-likeness (QED) is 0.598. The summed E-state index contributed by atoms with van der Waals surface area (Å²) in [5.74, 6) is -1.29. The van der Waals surface area contributed by atoms with Crippen LogP contribution in [0.15, 0.2) is 0 Å². The maximum atomic E-state index is 12.6. The predicted molar refractivity (Wildman–Crippen MR) is 35.7 cm³/mol. The lowest BCUT2D eigenvalue weighted by Crippen LogP contribution is -2.39. The van der Waals surface area contributed by atoms with Crippen LogP contribution in [-0.2, 0) is 4.79 Å². The number of hydrogen-bond donors (Lipinski definition) is 2. The Morgan fingerprint density at radius 1 is 1.42 bits per heavy atom. The minimum absolute atomic E-state index is 0.248. The molecule has 1 saturated heterocycles. The zero-order valence-corrected chi connectivity index (χ0v) is 6.11. The zero-order chi connectivity index (χ0) is 9.30. The minimum Gasteiger partial charge on any atom is -0.480 e. The summed E-state index contributed by atoms with van der Waals surface area (Å²) >= 11 is 0. The molecule has 0 aromatic heterocycles. The molecule has 12 heavy (non-hydrogen) atoms. The van der Waals surface area contributed by atoms with Gasteiger partial charge in [-0.2, -0.15) is 0 Å². The van der Waals surface area contributed by atoms with Crippen LogP contribution in [0.2, 0.25) is 0 Å². The first kappa shape index (κ1) is 8.76. The van der Waals surface area contributed by atoms with Gasteiger partial charge in [-0.1, -0.05) is 0 Å². The number of carboxylic acid groups (broad SMARTS) is 2. The lowest BCUT2D eigenvalue weighted by atomic mass is 10.2. The molecule has 5 nitrogen and oxygen atoms in total. The van der Waals surface area contributed by atoms with Crippen LogP contribution in [-0.4, -0.2) is 45.9 Å². The highest BCUT2D eigenvalue weighted by Gasteiger charge is 2.39. The Hall–Kier alpha value is -1.33. The molecular formula is C6H8FNO4. The molecule has 6 heteroatoms. The van der Waals surface area contributed by atoms with E-state index in [1.165, 1.54) is 0 Å². The molecule has 1 amide bonds. The molecule has 2 N–H and O–H groups in total. The summed E-state index contributed by atoms with van der Waals surface area (Å²) in [6.45, 7) is -0.341. The zero-order valence-electron chi connectivity index (χ0n) is 6.11. The molecule has 1 heterocycles. The fourth-order valence-electron chi connectivity index (χ4n) is 1.23. The van der Waals surface area contributed by atoms with Gasteiger partial charge in [0.25, 0.3) is 0 Å². The van der Waals surface area contributed by atoms with E-state index in [0.29, 0.717) is 4.90 Å². The molecule has 0 aromatic carbocycles. The first-order chi connectivity index (χ1) is 5.52. The van der Waals surface area contributed by atoms with Gasteiger partial charge in [0.1, 0.15) is 12.2 Å². The molecule has 0 aliphatic carbocycles. The Bertz CT molecular complexity index is 198. The average molecular weight is 177 g/mol. The van der Waals surface area contributed by atoms with E-state index in [4.69, 9.17) is 10.2 Å². The van der Waals surface area contributed by atoms with Crippen LogP contribution in [0.4, 0.5) is 9.18 Å². The number of alkyl halides is 1. The molecular weight excluding hydrogens is 169 g/mol. The van der Waals surface area contributed by atoms with Crippen molar-refractivity contribution in [1.82, 2.24) is 4.90 Å². The van der Waals surface area contributed by atoms with Gasteiger partial charge in [-0.05, 0) is 0 Å². The second-order valence-electron chi connectivity index (χ2n) is 2.62. The van der Waals surface area contributed by atoms with Crippen molar-refractivity contribution in [3.63, 3.8) is 0 Å². The van der Waals surface area contributed by atoms with E-state index in [1.807, 2.05) is 0 Å². The molecule has 0 bridgehead atoms. The second kappa shape index (κ2) is 2.96. The van der Waals surface area contributed by atoms with Crippen molar-refractivity contribution in [2.24, 2.45) is 0 Å². The molecule has 0 spiro atoms. The van der Waals surface area contributed by atoms with Crippen molar-refractivity contribution in [2.45, 2.75) is 18.6 Å². The Balaban J connectivity index is 2.72. The molecule has 0 saturated carbocycles. The van der Waals surface area contributed by atoms with Crippen LogP contribution >= 0.6 is 0 Å². The van der Waals surface area contributed by atoms with Crippen LogP contribution in [0.5, 0.6) is 0 Å². The molecule has 68 valence electrons. The van der Waals surface area contributed by atoms with Crippen LogP contribution in [0.1, 0.15) is 6.42 Å². The van der Waals surface area contributed by atoms with E-state index >= 15 is 0 Å². The highest BCUT2D eigenvalue weighted by atomic mass is 19.1. The monoisotopic (exact) mass is 177 g/mol. The Morgan fingerprint density at radius 3 is 2.33 bits per heavy atom. The normalized spacial score (nSPS) is 28.9. The molecule has 1 rings (SSSR count). The Kier molecular flexibility index (Phi) is 2.16. The average Bonchev–Trinajstić information content (AvgIpc) is 2.31. The smallest absolute Gasteiger partial charge is 0.408 e. The summed E-state index contributed by atoms with van der Waals surface area (Å²) in [7, 11) is 0. The largest absolute Gasteiger partial charge is 0.480 e. The van der Waals surface area contributed by atoms with Crippen molar-refractivity contribution in [3.8, 4) is 0 Å². The summed E-state index contributed by atoms with van der Waals surface area (Å²) < 4.78 is 12.6. The van der Waals surface area contributed by atoms with E-state index < -0.39 is 24.3 Å². The van der Waals surface area contributed by atoms with Gasteiger partial charge in [-0.3, -0.25) is 4.90 Å². The first-order valence-corrected chi connectivity index (χ1v) is 3.39. The molecule has 1 aliphatic heterocycles. The number of hydrogen-bond acceptors (Lipinski definition) is 2. The van der Waals surface area contributed by atoms with Gasteiger partial charge in [0.2, 0.25) is 0 Å². The topological polar surface area (TPSA) is 77.8 Å². The summed E-state index contributed by atoms with van der Waals surface area (Å²) in [5.41, 5.74) is 0. The third-order valence-corrected chi connectivity index (χ3v) is 1.78. The number of amides is 1. The SMILES string of the molecule is O=C(O)[C@H]1C[C@H](F)CN1C(=O)O. The first-order valence-electron chi connectivity index (χ1n) is 3.39. The van der Waals surface area contributed by atoms with Crippen LogP contribution in [0.25, 0.3) is 0 Å². The summed E-state index contributed by atoms with van der Waals surface area (Å²) in [6, 6.07) is -1.22. The van der Waals surface area contributed by atoms with Gasteiger partial charge >= 0.3 is 12.1 Å². The fraction of sp³-hybridized carbons (Fsp3) is 0.667. The predicted octanol–water partition coefficient (Wildman–Crippen LogP) is 0.161. The molecule has 0 unspecified atom stereocenters. The van der Waals surface area contributed by atoms with Crippen molar-refractivity contribution in [3.05, 3.63) is 0 Å². The van der Waals surface area contributed by atoms with Gasteiger partial charge in [-0.25, -0.2) is 14.0 Å². The Labute approximate surface area is 67.4 Å². The highest BCUT2D eigenvalue weighted by Crippen LogP contribution is 2.20. The number of nitrogens with zero attached hydrogens (tertiary/aromatic N) is 1. The Morgan fingerprint density at radius 2 is 2.00 bits per heavy atom. The summed E-state index contributed by atoms with van der Waals surface area (Å²) in [4.78, 5) is 21.4. The van der Waals surface area contributed by atoms with Crippen molar-refractivity contribution >= 4 is 12.1 Å². The van der Waals surface area contributed by atoms with Gasteiger partial charge < -0.3 is 10.2 Å². The number of rotatable bonds is 1. The van der Waals surface area contributed by atoms with Crippen LogP contribution in [0, 0.1) is 0 Å². The third-order valence-electron chi connectivity index (χ3n) is 1.78. The van der Waals surface area contributed by atoms with Crippen LogP contribution in [0.3, 0.4) is 0 Å². The van der Waals surface area contributed by atoms with Crippen LogP contribution < -0.4 is 0 Å². The van der Waals surface area contributed by atoms with E-state index in [0.717, 1.165) is 0 Å². The van der Waals surface area contributed by atoms with Crippen molar-refractivity contribution in [1.29, 1.82) is 0 Å². The number of carbonyl (C=O) groups is 2. The second-order valence-corrected chi connectivity index (χ2v) is 2.62. The van der Waals surface area contributed by atoms with E-state index in [2.05, 4.69) is 0 Å². The number of halogens is 1. The third kappa shape index (κ3) is 1.46. The molecule has 0 radical (unpaired) electrons. The summed E-state index contributed by atoms with van der Waals surface area (Å²) in [6.07, 6.45) is -2.99. The van der Waals surface area contributed by atoms with Gasteiger partial charge in [0.05, 0.1) is 6.54 Å². The van der Waals surface area contributed by atoms with E-state index in [1.54, 1.807) is 0 Å². The highest BCUT2D eigenvalue weighted by molar-refractivity contribution is 5.80. The number of carboxylic acids is 1. The molecule has 0 aromatic rings. The number of aliphatic carboxylic acids is 1. The van der Waals surface area contributed by atoms with Gasteiger partial charge in [0, 0.05) is 6.42 Å². The summed E-state index contributed by atoms with van der Waals surface area (Å²) in [5, 5.41) is 16.9. The van der Waals surface area contributed by atoms with Gasteiger partial charge in [0.15, 0.2) is 0 Å². The van der Waals surface area contributed by atoms with Crippen molar-refractivity contribution in [2.75, 3.05) is 6.54 Å². The lowest BCUT2D eigenvalue weighted by Gasteiger charge is -2.16. The maximum Gasteiger partial charge on any atom is 0.408 e. The molecule has 1 aliphatic rings. The van der Waals surface area contributed by atoms with E-state index in [9.17, 15) is 14.0 Å². The van der Waals surface area contributed by atoms with E-state index in [-0.39, 0.29) is 13.0 Å². The lowest BCUT2D eigenvalue weighted by molar-refractivity contribution is -0.141. The molecule has 2 atom stereocenters.